The highest BCUT2D eigenvalue weighted by atomic mass is 15.1. The molecule has 2 heteroatoms. The van der Waals surface area contributed by atoms with Gasteiger partial charge in [0, 0.05) is 12.6 Å². The molecule has 0 atom stereocenters. The van der Waals surface area contributed by atoms with Crippen molar-refractivity contribution in [3.05, 3.63) is 12.2 Å². The Morgan fingerprint density at radius 1 is 1.20 bits per heavy atom. The molecule has 1 heterocycles. The van der Waals surface area contributed by atoms with Gasteiger partial charge in [0.2, 0.25) is 0 Å². The van der Waals surface area contributed by atoms with Crippen molar-refractivity contribution in [3.8, 4) is 0 Å². The molecule has 15 heavy (non-hydrogen) atoms. The summed E-state index contributed by atoms with van der Waals surface area (Å²) in [6.07, 6.45) is 10.0. The minimum Gasteiger partial charge on any atom is -0.314 e. The van der Waals surface area contributed by atoms with Crippen LogP contribution >= 0.6 is 0 Å². The number of hydrogen-bond donors (Lipinski definition) is 1. The van der Waals surface area contributed by atoms with Crippen LogP contribution in [0.2, 0.25) is 0 Å². The van der Waals surface area contributed by atoms with E-state index >= 15 is 0 Å². The number of nitrogens with zero attached hydrogens (tertiary/aromatic N) is 1. The van der Waals surface area contributed by atoms with Gasteiger partial charge in [0.25, 0.3) is 0 Å². The third-order valence-electron chi connectivity index (χ3n) is 3.58. The van der Waals surface area contributed by atoms with Crippen LogP contribution in [0.3, 0.4) is 0 Å². The molecule has 1 aliphatic carbocycles. The SMILES string of the molecule is C/C=C/CN1CCC(NCC2CC2)CC1. The summed E-state index contributed by atoms with van der Waals surface area (Å²) < 4.78 is 0. The first-order valence-corrected chi connectivity index (χ1v) is 6.45. The highest BCUT2D eigenvalue weighted by Gasteiger charge is 2.23. The molecule has 1 aliphatic heterocycles. The molecular formula is C13H24N2. The fourth-order valence-electron chi connectivity index (χ4n) is 2.23. The van der Waals surface area contributed by atoms with Crippen molar-refractivity contribution in [3.63, 3.8) is 0 Å². The average Bonchev–Trinajstić information content (AvgIpc) is 3.09. The fraction of sp³-hybridized carbons (Fsp3) is 0.846. The van der Waals surface area contributed by atoms with Gasteiger partial charge in [0.05, 0.1) is 0 Å². The standard InChI is InChI=1S/C13H24N2/c1-2-3-8-15-9-6-13(7-10-15)14-11-12-4-5-12/h2-3,12-14H,4-11H2,1H3/b3-2+. The molecule has 0 unspecified atom stereocenters. The third-order valence-corrected chi connectivity index (χ3v) is 3.58. The quantitative estimate of drug-likeness (QED) is 0.695. The molecule has 2 nitrogen and oxygen atoms in total. The van der Waals surface area contributed by atoms with Crippen molar-refractivity contribution >= 4 is 0 Å². The lowest BCUT2D eigenvalue weighted by Gasteiger charge is -2.31. The molecule has 2 fully saturated rings. The number of likely N-dealkylation sites (tertiary alicyclic amines) is 1. The van der Waals surface area contributed by atoms with E-state index in [1.54, 1.807) is 0 Å². The van der Waals surface area contributed by atoms with E-state index < -0.39 is 0 Å². The van der Waals surface area contributed by atoms with Crippen LogP contribution in [0.25, 0.3) is 0 Å². The van der Waals surface area contributed by atoms with Crippen molar-refractivity contribution < 1.29 is 0 Å². The van der Waals surface area contributed by atoms with Gasteiger partial charge in [-0.1, -0.05) is 12.2 Å². The zero-order valence-corrected chi connectivity index (χ0v) is 9.91. The molecule has 1 saturated heterocycles. The third kappa shape index (κ3) is 3.96. The Labute approximate surface area is 93.7 Å². The molecule has 0 spiro atoms. The van der Waals surface area contributed by atoms with Gasteiger partial charge in [-0.05, 0) is 58.2 Å². The van der Waals surface area contributed by atoms with E-state index in [0.717, 1.165) is 18.5 Å². The zero-order valence-electron chi connectivity index (χ0n) is 9.91. The molecule has 86 valence electrons. The maximum atomic E-state index is 3.72. The van der Waals surface area contributed by atoms with Crippen molar-refractivity contribution in [2.75, 3.05) is 26.2 Å². The normalized spacial score (nSPS) is 25.1. The van der Waals surface area contributed by atoms with E-state index in [0.29, 0.717) is 0 Å². The van der Waals surface area contributed by atoms with Gasteiger partial charge in [-0.15, -0.1) is 0 Å². The molecule has 2 aliphatic rings. The zero-order chi connectivity index (χ0) is 10.5. The van der Waals surface area contributed by atoms with Crippen LogP contribution in [0.4, 0.5) is 0 Å². The van der Waals surface area contributed by atoms with E-state index in [4.69, 9.17) is 0 Å². The van der Waals surface area contributed by atoms with E-state index in [1.165, 1.54) is 45.3 Å². The lowest BCUT2D eigenvalue weighted by atomic mass is 10.0. The summed E-state index contributed by atoms with van der Waals surface area (Å²) in [4.78, 5) is 2.55. The van der Waals surface area contributed by atoms with Gasteiger partial charge in [-0.25, -0.2) is 0 Å². The van der Waals surface area contributed by atoms with Crippen molar-refractivity contribution in [1.29, 1.82) is 0 Å². The number of hydrogen-bond acceptors (Lipinski definition) is 2. The molecule has 1 N–H and O–H groups in total. The Bertz CT molecular complexity index is 201. The summed E-state index contributed by atoms with van der Waals surface area (Å²) in [5.74, 6) is 1.02. The van der Waals surface area contributed by atoms with Crippen LogP contribution in [-0.4, -0.2) is 37.1 Å². The summed E-state index contributed by atoms with van der Waals surface area (Å²) in [5, 5.41) is 3.72. The van der Waals surface area contributed by atoms with E-state index in [9.17, 15) is 0 Å². The highest BCUT2D eigenvalue weighted by Crippen LogP contribution is 2.28. The Balaban J connectivity index is 1.58. The summed E-state index contributed by atoms with van der Waals surface area (Å²) in [7, 11) is 0. The molecule has 0 aromatic rings. The smallest absolute Gasteiger partial charge is 0.0163 e. The molecule has 0 aromatic carbocycles. The first kappa shape index (κ1) is 11.2. The predicted molar refractivity (Wildman–Crippen MR) is 65.0 cm³/mol. The predicted octanol–water partition coefficient (Wildman–Crippen LogP) is 2.03. The monoisotopic (exact) mass is 208 g/mol. The van der Waals surface area contributed by atoms with Crippen LogP contribution in [0.15, 0.2) is 12.2 Å². The van der Waals surface area contributed by atoms with E-state index in [1.807, 2.05) is 0 Å². The highest BCUT2D eigenvalue weighted by molar-refractivity contribution is 4.86. The molecular weight excluding hydrogens is 184 g/mol. The Hall–Kier alpha value is -0.340. The second kappa shape index (κ2) is 5.66. The first-order valence-electron chi connectivity index (χ1n) is 6.45. The molecule has 0 amide bonds. The Morgan fingerprint density at radius 3 is 2.53 bits per heavy atom. The second-order valence-corrected chi connectivity index (χ2v) is 5.00. The largest absolute Gasteiger partial charge is 0.314 e. The van der Waals surface area contributed by atoms with E-state index in [-0.39, 0.29) is 0 Å². The van der Waals surface area contributed by atoms with E-state index in [2.05, 4.69) is 29.3 Å². The van der Waals surface area contributed by atoms with Gasteiger partial charge in [-0.2, -0.15) is 0 Å². The molecule has 0 aromatic heterocycles. The van der Waals surface area contributed by atoms with Gasteiger partial charge >= 0.3 is 0 Å². The lowest BCUT2D eigenvalue weighted by Crippen LogP contribution is -2.43. The minimum absolute atomic E-state index is 0.799. The van der Waals surface area contributed by atoms with Crippen LogP contribution in [0, 0.1) is 5.92 Å². The number of allylic oxidation sites excluding steroid dienone is 1. The Kier molecular flexibility index (Phi) is 4.21. The molecule has 1 saturated carbocycles. The summed E-state index contributed by atoms with van der Waals surface area (Å²) in [6, 6.07) is 0.799. The average molecular weight is 208 g/mol. The molecule has 0 radical (unpaired) electrons. The fourth-order valence-corrected chi connectivity index (χ4v) is 2.23. The van der Waals surface area contributed by atoms with Gasteiger partial charge in [0.1, 0.15) is 0 Å². The van der Waals surface area contributed by atoms with Gasteiger partial charge in [0.15, 0.2) is 0 Å². The van der Waals surface area contributed by atoms with Crippen LogP contribution < -0.4 is 5.32 Å². The maximum Gasteiger partial charge on any atom is 0.0163 e. The van der Waals surface area contributed by atoms with Crippen LogP contribution in [0.1, 0.15) is 32.6 Å². The minimum atomic E-state index is 0.799. The van der Waals surface area contributed by atoms with Gasteiger partial charge in [-0.3, -0.25) is 4.90 Å². The molecule has 2 rings (SSSR count). The topological polar surface area (TPSA) is 15.3 Å². The number of piperidine rings is 1. The van der Waals surface area contributed by atoms with Crippen molar-refractivity contribution in [1.82, 2.24) is 10.2 Å². The maximum absolute atomic E-state index is 3.72. The summed E-state index contributed by atoms with van der Waals surface area (Å²) >= 11 is 0. The van der Waals surface area contributed by atoms with Crippen LogP contribution in [0.5, 0.6) is 0 Å². The van der Waals surface area contributed by atoms with Gasteiger partial charge < -0.3 is 5.32 Å². The summed E-state index contributed by atoms with van der Waals surface area (Å²) in [6.45, 7) is 7.06. The van der Waals surface area contributed by atoms with Crippen molar-refractivity contribution in [2.24, 2.45) is 5.92 Å². The number of rotatable bonds is 5. The Morgan fingerprint density at radius 2 is 1.93 bits per heavy atom. The number of nitrogens with one attached hydrogen (secondary N) is 1. The molecule has 0 bridgehead atoms. The summed E-state index contributed by atoms with van der Waals surface area (Å²) in [5.41, 5.74) is 0. The van der Waals surface area contributed by atoms with Crippen molar-refractivity contribution in [2.45, 2.75) is 38.6 Å². The first-order chi connectivity index (χ1) is 7.38. The lowest BCUT2D eigenvalue weighted by molar-refractivity contribution is 0.214. The second-order valence-electron chi connectivity index (χ2n) is 5.00. The van der Waals surface area contributed by atoms with Crippen LogP contribution in [-0.2, 0) is 0 Å².